The molecule has 0 spiro atoms. The highest BCUT2D eigenvalue weighted by atomic mass is 32.2. The van der Waals surface area contributed by atoms with E-state index in [-0.39, 0.29) is 17.1 Å². The molecule has 0 bridgehead atoms. The number of nitro benzene ring substituents is 1. The summed E-state index contributed by atoms with van der Waals surface area (Å²) in [6.07, 6.45) is 1.24. The maximum Gasteiger partial charge on any atom is 0.287 e. The third-order valence-corrected chi connectivity index (χ3v) is 5.48. The van der Waals surface area contributed by atoms with Crippen LogP contribution in [0.4, 0.5) is 5.69 Å². The number of para-hydroxylation sites is 1. The maximum absolute atomic E-state index is 12.4. The average molecular weight is 283 g/mol. The van der Waals surface area contributed by atoms with E-state index in [2.05, 4.69) is 0 Å². The van der Waals surface area contributed by atoms with Gasteiger partial charge in [-0.1, -0.05) is 12.1 Å². The smallest absolute Gasteiger partial charge is 0.287 e. The Morgan fingerprint density at radius 1 is 1.26 bits per heavy atom. The van der Waals surface area contributed by atoms with Crippen molar-refractivity contribution in [3.05, 3.63) is 34.4 Å². The summed E-state index contributed by atoms with van der Waals surface area (Å²) >= 11 is 0. The maximum atomic E-state index is 12.4. The van der Waals surface area contributed by atoms with Gasteiger partial charge in [-0.2, -0.15) is 0 Å². The van der Waals surface area contributed by atoms with E-state index in [1.807, 2.05) is 0 Å². The van der Waals surface area contributed by atoms with Crippen LogP contribution < -0.4 is 0 Å². The van der Waals surface area contributed by atoms with Gasteiger partial charge in [0.05, 0.1) is 10.2 Å². The zero-order valence-corrected chi connectivity index (χ0v) is 10.9. The van der Waals surface area contributed by atoms with E-state index in [9.17, 15) is 23.3 Å². The fraction of sp³-hybridized carbons (Fsp3) is 0.417. The number of ketones is 1. The zero-order chi connectivity index (χ0) is 14.0. The van der Waals surface area contributed by atoms with E-state index >= 15 is 0 Å². The van der Waals surface area contributed by atoms with Crippen molar-refractivity contribution in [1.82, 2.24) is 0 Å². The highest BCUT2D eigenvalue weighted by Gasteiger charge is 2.36. The first-order valence-corrected chi connectivity index (χ1v) is 7.46. The lowest BCUT2D eigenvalue weighted by atomic mass is 9.99. The molecule has 0 N–H and O–H groups in total. The van der Waals surface area contributed by atoms with Crippen LogP contribution in [0.3, 0.4) is 0 Å². The molecule has 102 valence electrons. The lowest BCUT2D eigenvalue weighted by molar-refractivity contribution is -0.387. The normalized spacial score (nSPS) is 20.2. The molecular formula is C12H13NO5S. The molecule has 7 heteroatoms. The summed E-state index contributed by atoms with van der Waals surface area (Å²) in [6, 6.07) is 5.26. The molecule has 1 aliphatic rings. The summed E-state index contributed by atoms with van der Waals surface area (Å²) in [7, 11) is -3.83. The Hall–Kier alpha value is -1.76. The lowest BCUT2D eigenvalue weighted by Gasteiger charge is -2.20. The summed E-state index contributed by atoms with van der Waals surface area (Å²) in [4.78, 5) is 21.3. The molecule has 0 heterocycles. The first-order valence-electron chi connectivity index (χ1n) is 5.92. The van der Waals surface area contributed by atoms with Crippen LogP contribution in [0, 0.1) is 10.1 Å². The fourth-order valence-corrected chi connectivity index (χ4v) is 4.22. The second kappa shape index (κ2) is 5.08. The minimum absolute atomic E-state index is 0.0472. The summed E-state index contributed by atoms with van der Waals surface area (Å²) in [5, 5.41) is 10.1. The van der Waals surface area contributed by atoms with Gasteiger partial charge in [-0.05, 0) is 18.9 Å². The number of hydrogen-bond acceptors (Lipinski definition) is 5. The molecule has 0 radical (unpaired) electrons. The van der Waals surface area contributed by atoms with Gasteiger partial charge >= 0.3 is 0 Å². The third-order valence-electron chi connectivity index (χ3n) is 3.24. The van der Waals surface area contributed by atoms with Crippen LogP contribution in [0.5, 0.6) is 0 Å². The van der Waals surface area contributed by atoms with Gasteiger partial charge in [0.25, 0.3) is 5.69 Å². The van der Waals surface area contributed by atoms with E-state index in [1.54, 1.807) is 0 Å². The Morgan fingerprint density at radius 2 is 1.95 bits per heavy atom. The monoisotopic (exact) mass is 283 g/mol. The fourth-order valence-electron chi connectivity index (χ4n) is 2.28. The zero-order valence-electron chi connectivity index (χ0n) is 10.1. The minimum Gasteiger partial charge on any atom is -0.300 e. The first-order chi connectivity index (χ1) is 8.93. The van der Waals surface area contributed by atoms with Crippen LogP contribution in [-0.2, 0) is 14.6 Å². The predicted molar refractivity (Wildman–Crippen MR) is 67.5 cm³/mol. The summed E-state index contributed by atoms with van der Waals surface area (Å²) < 4.78 is 24.8. The van der Waals surface area contributed by atoms with Crippen molar-refractivity contribution in [2.24, 2.45) is 0 Å². The van der Waals surface area contributed by atoms with Crippen molar-refractivity contribution in [3.63, 3.8) is 0 Å². The molecule has 0 aromatic heterocycles. The van der Waals surface area contributed by atoms with Crippen LogP contribution in [0.2, 0.25) is 0 Å². The number of sulfone groups is 1. The number of hydrogen-bond donors (Lipinski definition) is 0. The Balaban J connectivity index is 2.45. The van der Waals surface area contributed by atoms with E-state index in [0.717, 1.165) is 6.07 Å². The molecule has 2 rings (SSSR count). The molecule has 1 fully saturated rings. The lowest BCUT2D eigenvalue weighted by Crippen LogP contribution is -2.28. The molecule has 0 amide bonds. The minimum atomic E-state index is -3.83. The number of benzene rings is 1. The number of Topliss-reactive ketones (excluding diaryl/α,β-unsaturated/α-hetero) is 1. The first kappa shape index (κ1) is 13.7. The van der Waals surface area contributed by atoms with Crippen LogP contribution in [0.1, 0.15) is 25.7 Å². The Morgan fingerprint density at radius 3 is 2.58 bits per heavy atom. The van der Waals surface area contributed by atoms with Gasteiger partial charge in [0.1, 0.15) is 10.7 Å². The molecular weight excluding hydrogens is 270 g/mol. The third kappa shape index (κ3) is 2.65. The molecule has 1 aromatic rings. The standard InChI is InChI=1S/C12H13NO5S/c14-9-4-3-5-10(8-9)19(17,18)12-7-2-1-6-11(12)13(15)16/h1-2,6-7,10H,3-5,8H2. The number of carbonyl (C=O) groups excluding carboxylic acids is 1. The number of rotatable bonds is 3. The predicted octanol–water partition coefficient (Wildman–Crippen LogP) is 1.88. The topological polar surface area (TPSA) is 94.3 Å². The largest absolute Gasteiger partial charge is 0.300 e. The molecule has 1 saturated carbocycles. The Bertz CT molecular complexity index is 623. The molecule has 1 unspecified atom stereocenters. The van der Waals surface area contributed by atoms with Gasteiger partial charge < -0.3 is 0 Å². The van der Waals surface area contributed by atoms with Crippen LogP contribution >= 0.6 is 0 Å². The van der Waals surface area contributed by atoms with Gasteiger partial charge in [-0.15, -0.1) is 0 Å². The van der Waals surface area contributed by atoms with E-state index in [0.29, 0.717) is 19.3 Å². The van der Waals surface area contributed by atoms with E-state index in [1.165, 1.54) is 18.2 Å². The van der Waals surface area contributed by atoms with E-state index in [4.69, 9.17) is 0 Å². The van der Waals surface area contributed by atoms with Gasteiger partial charge in [-0.3, -0.25) is 14.9 Å². The average Bonchev–Trinajstić information content (AvgIpc) is 2.38. The molecule has 6 nitrogen and oxygen atoms in total. The molecule has 1 aliphatic carbocycles. The SMILES string of the molecule is O=C1CCCC(S(=O)(=O)c2ccccc2[N+](=O)[O-])C1. The highest BCUT2D eigenvalue weighted by Crippen LogP contribution is 2.31. The number of carbonyl (C=O) groups is 1. The molecule has 1 atom stereocenters. The number of nitro groups is 1. The second-order valence-electron chi connectivity index (χ2n) is 4.53. The van der Waals surface area contributed by atoms with Crippen molar-refractivity contribution in [1.29, 1.82) is 0 Å². The quantitative estimate of drug-likeness (QED) is 0.623. The highest BCUT2D eigenvalue weighted by molar-refractivity contribution is 7.92. The summed E-state index contributed by atoms with van der Waals surface area (Å²) in [5.41, 5.74) is -0.430. The molecule has 1 aromatic carbocycles. The van der Waals surface area contributed by atoms with Gasteiger partial charge in [0.2, 0.25) is 0 Å². The van der Waals surface area contributed by atoms with Crippen molar-refractivity contribution >= 4 is 21.3 Å². The van der Waals surface area contributed by atoms with Crippen molar-refractivity contribution in [2.45, 2.75) is 35.8 Å². The summed E-state index contributed by atoms with van der Waals surface area (Å²) in [6.45, 7) is 0. The summed E-state index contributed by atoms with van der Waals surface area (Å²) in [5.74, 6) is -0.0987. The van der Waals surface area contributed by atoms with Crippen molar-refractivity contribution < 1.29 is 18.1 Å². The van der Waals surface area contributed by atoms with E-state index < -0.39 is 25.7 Å². The van der Waals surface area contributed by atoms with Gasteiger partial charge in [0, 0.05) is 18.9 Å². The van der Waals surface area contributed by atoms with Gasteiger partial charge in [0.15, 0.2) is 9.84 Å². The molecule has 0 aliphatic heterocycles. The molecule has 19 heavy (non-hydrogen) atoms. The van der Waals surface area contributed by atoms with Crippen LogP contribution in [-0.4, -0.2) is 24.4 Å². The second-order valence-corrected chi connectivity index (χ2v) is 6.72. The molecule has 0 saturated heterocycles. The Kier molecular flexibility index (Phi) is 3.66. The van der Waals surface area contributed by atoms with Crippen molar-refractivity contribution in [3.8, 4) is 0 Å². The van der Waals surface area contributed by atoms with Crippen molar-refractivity contribution in [2.75, 3.05) is 0 Å². The van der Waals surface area contributed by atoms with Crippen LogP contribution in [0.25, 0.3) is 0 Å². The Labute approximate surface area is 110 Å². The van der Waals surface area contributed by atoms with Crippen LogP contribution in [0.15, 0.2) is 29.2 Å². The van der Waals surface area contributed by atoms with Gasteiger partial charge in [-0.25, -0.2) is 8.42 Å². The number of nitrogens with zero attached hydrogens (tertiary/aromatic N) is 1.